The van der Waals surface area contributed by atoms with Crippen molar-refractivity contribution in [2.45, 2.75) is 25.7 Å². The summed E-state index contributed by atoms with van der Waals surface area (Å²) in [7, 11) is 0. The van der Waals surface area contributed by atoms with Crippen LogP contribution in [-0.4, -0.2) is 22.8 Å². The molecule has 1 heterocycles. The van der Waals surface area contributed by atoms with Crippen LogP contribution in [-0.2, 0) is 11.4 Å². The number of benzene rings is 2. The predicted octanol–water partition coefficient (Wildman–Crippen LogP) is 3.24. The molecule has 8 heteroatoms. The summed E-state index contributed by atoms with van der Waals surface area (Å²) >= 11 is 0.830. The molecule has 0 unspecified atom stereocenters. The van der Waals surface area contributed by atoms with Crippen LogP contribution in [0.5, 0.6) is 11.5 Å². The molecule has 0 fully saturated rings. The van der Waals surface area contributed by atoms with Crippen LogP contribution in [0.25, 0.3) is 6.08 Å². The van der Waals surface area contributed by atoms with Crippen LogP contribution >= 0.6 is 11.8 Å². The lowest BCUT2D eigenvalue weighted by Gasteiger charge is -2.13. The fraction of sp³-hybridized carbons (Fsp3) is 0.190. The Morgan fingerprint density at radius 2 is 1.93 bits per heavy atom. The monoisotopic (exact) mass is 411 g/mol. The molecule has 1 aromatic heterocycles. The number of hydrogen-bond donors (Lipinski definition) is 0. The van der Waals surface area contributed by atoms with E-state index >= 15 is 0 Å². The lowest BCUT2D eigenvalue weighted by Crippen LogP contribution is -2.23. The van der Waals surface area contributed by atoms with Crippen LogP contribution in [0.4, 0.5) is 0 Å². The quantitative estimate of drug-likeness (QED) is 0.391. The standard InChI is InChI=1S/C21H20N2O5S/c1-3-26-18-11-16(9-10-17(18)27-13-15-7-5-4-6-8-15)12-19(20(24)25)29-21-23-22-14(2)28-21/h4-12H,3,13H2,1-2H3,(H,24,25)/p-1/b19-12-. The van der Waals surface area contributed by atoms with Gasteiger partial charge in [0, 0.05) is 11.8 Å². The van der Waals surface area contributed by atoms with Crippen molar-refractivity contribution in [1.29, 1.82) is 0 Å². The number of hydrogen-bond acceptors (Lipinski definition) is 8. The first-order chi connectivity index (χ1) is 14.0. The first kappa shape index (κ1) is 20.5. The van der Waals surface area contributed by atoms with Gasteiger partial charge in [-0.15, -0.1) is 10.2 Å². The lowest BCUT2D eigenvalue weighted by atomic mass is 10.2. The maximum absolute atomic E-state index is 11.5. The Kier molecular flexibility index (Phi) is 6.91. The molecule has 0 atom stereocenters. The van der Waals surface area contributed by atoms with Gasteiger partial charge in [0.05, 0.1) is 12.6 Å². The molecule has 0 aliphatic heterocycles. The molecule has 0 saturated carbocycles. The number of carboxylic acid groups (broad SMARTS) is 1. The van der Waals surface area contributed by atoms with Crippen LogP contribution < -0.4 is 14.6 Å². The smallest absolute Gasteiger partial charge is 0.281 e. The second-order valence-corrected chi connectivity index (χ2v) is 6.89. The Morgan fingerprint density at radius 1 is 1.14 bits per heavy atom. The minimum Gasteiger partial charge on any atom is -0.544 e. The van der Waals surface area contributed by atoms with E-state index < -0.39 is 5.97 Å². The minimum absolute atomic E-state index is 0.0611. The molecule has 0 amide bonds. The maximum atomic E-state index is 11.5. The third-order valence-electron chi connectivity index (χ3n) is 3.71. The highest BCUT2D eigenvalue weighted by atomic mass is 32.2. The van der Waals surface area contributed by atoms with Crippen molar-refractivity contribution in [3.63, 3.8) is 0 Å². The molecule has 29 heavy (non-hydrogen) atoms. The largest absolute Gasteiger partial charge is 0.544 e. The van der Waals surface area contributed by atoms with Gasteiger partial charge in [-0.25, -0.2) is 0 Å². The van der Waals surface area contributed by atoms with Gasteiger partial charge in [0.2, 0.25) is 5.89 Å². The molecule has 2 aromatic carbocycles. The van der Waals surface area contributed by atoms with Gasteiger partial charge in [0.25, 0.3) is 5.22 Å². The topological polar surface area (TPSA) is 97.5 Å². The number of aliphatic carboxylic acids is 1. The number of nitrogens with zero attached hydrogens (tertiary/aromatic N) is 2. The third-order valence-corrected chi connectivity index (χ3v) is 4.55. The number of rotatable bonds is 9. The summed E-state index contributed by atoms with van der Waals surface area (Å²) in [6.45, 7) is 4.33. The Hall–Kier alpha value is -3.26. The summed E-state index contributed by atoms with van der Waals surface area (Å²) in [6.07, 6.45) is 1.46. The highest BCUT2D eigenvalue weighted by Gasteiger charge is 2.11. The summed E-state index contributed by atoms with van der Waals surface area (Å²) in [5.41, 5.74) is 1.65. The van der Waals surface area contributed by atoms with Gasteiger partial charge in [-0.1, -0.05) is 36.4 Å². The van der Waals surface area contributed by atoms with Crippen molar-refractivity contribution in [1.82, 2.24) is 10.2 Å². The van der Waals surface area contributed by atoms with Gasteiger partial charge in [0.1, 0.15) is 6.61 Å². The Morgan fingerprint density at radius 3 is 2.59 bits per heavy atom. The second kappa shape index (κ2) is 9.79. The van der Waals surface area contributed by atoms with Crippen LogP contribution in [0.15, 0.2) is 63.1 Å². The van der Waals surface area contributed by atoms with Gasteiger partial charge in [-0.05, 0) is 48.0 Å². The van der Waals surface area contributed by atoms with Crippen molar-refractivity contribution in [3.8, 4) is 11.5 Å². The van der Waals surface area contributed by atoms with E-state index in [0.717, 1.165) is 17.3 Å². The van der Waals surface area contributed by atoms with Gasteiger partial charge >= 0.3 is 0 Å². The summed E-state index contributed by atoms with van der Waals surface area (Å²) in [6, 6.07) is 15.0. The normalized spacial score (nSPS) is 11.3. The van der Waals surface area contributed by atoms with Crippen molar-refractivity contribution < 1.29 is 23.8 Å². The SMILES string of the molecule is CCOc1cc(/C=C(\Sc2nnc(C)o2)C(=O)[O-])ccc1OCc1ccccc1. The highest BCUT2D eigenvalue weighted by molar-refractivity contribution is 8.03. The molecule has 7 nitrogen and oxygen atoms in total. The summed E-state index contributed by atoms with van der Waals surface area (Å²) < 4.78 is 16.8. The third kappa shape index (κ3) is 5.86. The molecule has 0 saturated heterocycles. The van der Waals surface area contributed by atoms with Crippen molar-refractivity contribution >= 4 is 23.8 Å². The Labute approximate surface area is 172 Å². The molecule has 3 aromatic rings. The first-order valence-corrected chi connectivity index (χ1v) is 9.71. The fourth-order valence-corrected chi connectivity index (χ4v) is 3.14. The van der Waals surface area contributed by atoms with Gasteiger partial charge in [-0.2, -0.15) is 0 Å². The number of aromatic nitrogens is 2. The molecular weight excluding hydrogens is 392 g/mol. The molecule has 3 rings (SSSR count). The van der Waals surface area contributed by atoms with Crippen LogP contribution in [0, 0.1) is 6.92 Å². The minimum atomic E-state index is -1.34. The molecular formula is C21H19N2O5S-. The average molecular weight is 411 g/mol. The van der Waals surface area contributed by atoms with Crippen molar-refractivity contribution in [2.24, 2.45) is 0 Å². The second-order valence-electron chi connectivity index (χ2n) is 5.90. The van der Waals surface area contributed by atoms with E-state index in [1.54, 1.807) is 25.1 Å². The zero-order valence-electron chi connectivity index (χ0n) is 16.0. The number of ether oxygens (including phenoxy) is 2. The molecule has 0 aliphatic carbocycles. The number of carbonyl (C=O) groups excluding carboxylic acids is 1. The van der Waals surface area contributed by atoms with Gasteiger partial charge in [0.15, 0.2) is 11.5 Å². The van der Waals surface area contributed by atoms with E-state index in [9.17, 15) is 9.90 Å². The zero-order valence-corrected chi connectivity index (χ0v) is 16.8. The predicted molar refractivity (Wildman–Crippen MR) is 106 cm³/mol. The van der Waals surface area contributed by atoms with Crippen LogP contribution in [0.3, 0.4) is 0 Å². The maximum Gasteiger partial charge on any atom is 0.281 e. The number of aryl methyl sites for hydroxylation is 1. The number of carboxylic acids is 1. The average Bonchev–Trinajstić information content (AvgIpc) is 3.12. The van der Waals surface area contributed by atoms with Gasteiger partial charge < -0.3 is 23.8 Å². The van der Waals surface area contributed by atoms with E-state index in [4.69, 9.17) is 13.9 Å². The van der Waals surface area contributed by atoms with E-state index in [1.165, 1.54) is 6.08 Å². The molecule has 0 spiro atoms. The summed E-state index contributed by atoms with van der Waals surface area (Å²) in [5, 5.41) is 19.1. The summed E-state index contributed by atoms with van der Waals surface area (Å²) in [5.74, 6) is 0.105. The molecule has 0 radical (unpaired) electrons. The zero-order chi connectivity index (χ0) is 20.6. The Balaban J connectivity index is 1.81. The van der Waals surface area contributed by atoms with Gasteiger partial charge in [-0.3, -0.25) is 0 Å². The van der Waals surface area contributed by atoms with Crippen molar-refractivity contribution in [2.75, 3.05) is 6.61 Å². The lowest BCUT2D eigenvalue weighted by molar-refractivity contribution is -0.298. The van der Waals surface area contributed by atoms with Crippen LogP contribution in [0.2, 0.25) is 0 Å². The van der Waals surface area contributed by atoms with Crippen molar-refractivity contribution in [3.05, 3.63) is 70.5 Å². The number of thioether (sulfide) groups is 1. The molecule has 0 aliphatic rings. The highest BCUT2D eigenvalue weighted by Crippen LogP contribution is 2.32. The van der Waals surface area contributed by atoms with E-state index in [-0.39, 0.29) is 10.1 Å². The molecule has 0 N–H and O–H groups in total. The van der Waals surface area contributed by atoms with E-state index in [1.807, 2.05) is 37.3 Å². The molecule has 0 bridgehead atoms. The Bertz CT molecular complexity index is 1000. The fourth-order valence-electron chi connectivity index (χ4n) is 2.43. The number of carbonyl (C=O) groups is 1. The first-order valence-electron chi connectivity index (χ1n) is 8.89. The van der Waals surface area contributed by atoms with Crippen LogP contribution in [0.1, 0.15) is 23.9 Å². The molecule has 150 valence electrons. The summed E-state index contributed by atoms with van der Waals surface area (Å²) in [4.78, 5) is 11.4. The van der Waals surface area contributed by atoms with E-state index in [0.29, 0.717) is 36.2 Å². The van der Waals surface area contributed by atoms with E-state index in [2.05, 4.69) is 10.2 Å².